The molecule has 0 aliphatic heterocycles. The van der Waals surface area contributed by atoms with E-state index >= 15 is 0 Å². The van der Waals surface area contributed by atoms with E-state index in [1.165, 1.54) is 0 Å². The van der Waals surface area contributed by atoms with Gasteiger partial charge in [0.1, 0.15) is 11.4 Å². The summed E-state index contributed by atoms with van der Waals surface area (Å²) in [5.74, 6) is 0.313. The number of hydrogen-bond acceptors (Lipinski definition) is 3. The smallest absolute Gasteiger partial charge is 0.407 e. The highest BCUT2D eigenvalue weighted by Crippen LogP contribution is 2.10. The molecule has 0 aromatic rings. The number of rotatable bonds is 8. The topological polar surface area (TPSA) is 55.4 Å². The fraction of sp³-hybridized carbons (Fsp3) is 0.867. The van der Waals surface area contributed by atoms with Gasteiger partial charge in [-0.2, -0.15) is 0 Å². The minimum Gasteiger partial charge on any atom is -0.444 e. The number of ether oxygens (including phenoxy) is 1. The Bertz CT molecular complexity index is 282. The summed E-state index contributed by atoms with van der Waals surface area (Å²) in [5, 5.41) is 2.88. The first-order valence-corrected chi connectivity index (χ1v) is 7.29. The summed E-state index contributed by atoms with van der Waals surface area (Å²) in [6, 6.07) is 0.131. The molecule has 0 saturated carbocycles. The molecule has 0 aromatic heterocycles. The van der Waals surface area contributed by atoms with Crippen molar-refractivity contribution >= 4 is 11.9 Å². The van der Waals surface area contributed by atoms with Crippen molar-refractivity contribution in [3.63, 3.8) is 0 Å². The van der Waals surface area contributed by atoms with Gasteiger partial charge in [-0.1, -0.05) is 20.3 Å². The van der Waals surface area contributed by atoms with Gasteiger partial charge in [-0.05, 0) is 40.0 Å². The van der Waals surface area contributed by atoms with Crippen molar-refractivity contribution in [1.82, 2.24) is 5.32 Å². The maximum absolute atomic E-state index is 11.6. The Hall–Kier alpha value is -1.06. The molecule has 0 radical (unpaired) electrons. The van der Waals surface area contributed by atoms with Crippen molar-refractivity contribution in [2.45, 2.75) is 84.8 Å². The number of carbonyl (C=O) groups is 2. The monoisotopic (exact) mass is 271 g/mol. The standard InChI is InChI=1S/C15H29NO3/c1-6-12(10-8-9-11-13(17)7-2)16-14(18)19-15(3,4)5/h12H,6-11H2,1-5H3,(H,16,18). The number of hydrogen-bond donors (Lipinski definition) is 1. The van der Waals surface area contributed by atoms with Crippen LogP contribution in [0.4, 0.5) is 4.79 Å². The third-order valence-corrected chi connectivity index (χ3v) is 2.87. The summed E-state index contributed by atoms with van der Waals surface area (Å²) in [6.45, 7) is 9.48. The zero-order valence-corrected chi connectivity index (χ0v) is 13.0. The van der Waals surface area contributed by atoms with Crippen LogP contribution in [0.15, 0.2) is 0 Å². The second kappa shape index (κ2) is 8.94. The third kappa shape index (κ3) is 10.5. The van der Waals surface area contributed by atoms with Crippen molar-refractivity contribution in [2.75, 3.05) is 0 Å². The second-order valence-electron chi connectivity index (χ2n) is 5.89. The van der Waals surface area contributed by atoms with Crippen molar-refractivity contribution in [3.8, 4) is 0 Å². The molecule has 0 aromatic carbocycles. The summed E-state index contributed by atoms with van der Waals surface area (Å²) in [4.78, 5) is 22.8. The highest BCUT2D eigenvalue weighted by molar-refractivity contribution is 5.77. The molecule has 0 fully saturated rings. The molecule has 0 bridgehead atoms. The van der Waals surface area contributed by atoms with Gasteiger partial charge in [0, 0.05) is 18.9 Å². The number of amides is 1. The molecular weight excluding hydrogens is 242 g/mol. The lowest BCUT2D eigenvalue weighted by molar-refractivity contribution is -0.118. The molecule has 0 heterocycles. The zero-order chi connectivity index (χ0) is 14.9. The quantitative estimate of drug-likeness (QED) is 0.683. The van der Waals surface area contributed by atoms with E-state index in [9.17, 15) is 9.59 Å². The van der Waals surface area contributed by atoms with Crippen LogP contribution in [0.5, 0.6) is 0 Å². The lowest BCUT2D eigenvalue weighted by Gasteiger charge is -2.23. The minimum atomic E-state index is -0.462. The van der Waals surface area contributed by atoms with Gasteiger partial charge in [0.05, 0.1) is 0 Å². The van der Waals surface area contributed by atoms with E-state index in [1.54, 1.807) is 0 Å². The molecule has 112 valence electrons. The van der Waals surface area contributed by atoms with Crippen LogP contribution in [-0.2, 0) is 9.53 Å². The zero-order valence-electron chi connectivity index (χ0n) is 13.0. The Labute approximate surface area is 117 Å². The minimum absolute atomic E-state index is 0.131. The van der Waals surface area contributed by atoms with Crippen molar-refractivity contribution < 1.29 is 14.3 Å². The van der Waals surface area contributed by atoms with E-state index in [4.69, 9.17) is 4.74 Å². The van der Waals surface area contributed by atoms with E-state index in [1.807, 2.05) is 34.6 Å². The van der Waals surface area contributed by atoms with Gasteiger partial charge in [-0.25, -0.2) is 4.79 Å². The molecular formula is C15H29NO3. The van der Waals surface area contributed by atoms with Crippen LogP contribution in [0.1, 0.15) is 73.1 Å². The molecule has 1 unspecified atom stereocenters. The summed E-state index contributed by atoms with van der Waals surface area (Å²) in [5.41, 5.74) is -0.462. The lowest BCUT2D eigenvalue weighted by Crippen LogP contribution is -2.38. The number of Topliss-reactive ketones (excluding diaryl/α,β-unsaturated/α-hetero) is 1. The summed E-state index contributed by atoms with van der Waals surface area (Å²) < 4.78 is 5.23. The van der Waals surface area contributed by atoms with E-state index in [0.29, 0.717) is 18.6 Å². The lowest BCUT2D eigenvalue weighted by atomic mass is 10.0. The van der Waals surface area contributed by atoms with Crippen LogP contribution in [0.3, 0.4) is 0 Å². The molecule has 1 amide bonds. The van der Waals surface area contributed by atoms with E-state index in [-0.39, 0.29) is 12.1 Å². The molecule has 0 rings (SSSR count). The van der Waals surface area contributed by atoms with Crippen LogP contribution in [-0.4, -0.2) is 23.5 Å². The Morgan fingerprint density at radius 1 is 1.16 bits per heavy atom. The largest absolute Gasteiger partial charge is 0.444 e. The van der Waals surface area contributed by atoms with Crippen LogP contribution >= 0.6 is 0 Å². The van der Waals surface area contributed by atoms with Crippen molar-refractivity contribution in [2.24, 2.45) is 0 Å². The molecule has 0 aliphatic carbocycles. The predicted octanol–water partition coefficient (Wildman–Crippen LogP) is 3.83. The maximum atomic E-state index is 11.6. The summed E-state index contributed by atoms with van der Waals surface area (Å²) >= 11 is 0. The van der Waals surface area contributed by atoms with E-state index in [2.05, 4.69) is 5.32 Å². The Morgan fingerprint density at radius 2 is 1.79 bits per heavy atom. The first-order valence-electron chi connectivity index (χ1n) is 7.29. The number of ketones is 1. The van der Waals surface area contributed by atoms with E-state index in [0.717, 1.165) is 25.7 Å². The number of unbranched alkanes of at least 4 members (excludes halogenated alkanes) is 1. The summed E-state index contributed by atoms with van der Waals surface area (Å²) in [6.07, 6.45) is 4.55. The normalized spacial score (nSPS) is 12.9. The predicted molar refractivity (Wildman–Crippen MR) is 77.2 cm³/mol. The molecule has 0 spiro atoms. The van der Waals surface area contributed by atoms with Crippen LogP contribution in [0.25, 0.3) is 0 Å². The average Bonchev–Trinajstić information content (AvgIpc) is 2.30. The van der Waals surface area contributed by atoms with Gasteiger partial charge >= 0.3 is 6.09 Å². The second-order valence-corrected chi connectivity index (χ2v) is 5.89. The Morgan fingerprint density at radius 3 is 2.26 bits per heavy atom. The first-order chi connectivity index (χ1) is 8.78. The number of nitrogens with one attached hydrogen (secondary N) is 1. The molecule has 1 atom stereocenters. The van der Waals surface area contributed by atoms with Gasteiger partial charge in [0.15, 0.2) is 0 Å². The third-order valence-electron chi connectivity index (χ3n) is 2.87. The molecule has 19 heavy (non-hydrogen) atoms. The molecule has 4 nitrogen and oxygen atoms in total. The van der Waals surface area contributed by atoms with Crippen molar-refractivity contribution in [1.29, 1.82) is 0 Å². The van der Waals surface area contributed by atoms with Crippen LogP contribution < -0.4 is 5.32 Å². The Balaban J connectivity index is 3.89. The van der Waals surface area contributed by atoms with Crippen LogP contribution in [0, 0.1) is 0 Å². The van der Waals surface area contributed by atoms with Gasteiger partial charge in [0.25, 0.3) is 0 Å². The van der Waals surface area contributed by atoms with Crippen molar-refractivity contribution in [3.05, 3.63) is 0 Å². The fourth-order valence-electron chi connectivity index (χ4n) is 1.74. The van der Waals surface area contributed by atoms with Gasteiger partial charge in [0.2, 0.25) is 0 Å². The Kier molecular flexibility index (Phi) is 8.44. The SMILES string of the molecule is CCC(=O)CCCCC(CC)NC(=O)OC(C)(C)C. The van der Waals surface area contributed by atoms with Crippen LogP contribution in [0.2, 0.25) is 0 Å². The first kappa shape index (κ1) is 17.9. The number of carbonyl (C=O) groups excluding carboxylic acids is 2. The van der Waals surface area contributed by atoms with Gasteiger partial charge in [-0.3, -0.25) is 4.79 Å². The maximum Gasteiger partial charge on any atom is 0.407 e. The molecule has 0 saturated heterocycles. The summed E-state index contributed by atoms with van der Waals surface area (Å²) in [7, 11) is 0. The highest BCUT2D eigenvalue weighted by Gasteiger charge is 2.18. The molecule has 1 N–H and O–H groups in total. The molecule has 0 aliphatic rings. The fourth-order valence-corrected chi connectivity index (χ4v) is 1.74. The van der Waals surface area contributed by atoms with Gasteiger partial charge < -0.3 is 10.1 Å². The highest BCUT2D eigenvalue weighted by atomic mass is 16.6. The molecule has 4 heteroatoms. The van der Waals surface area contributed by atoms with Gasteiger partial charge in [-0.15, -0.1) is 0 Å². The average molecular weight is 271 g/mol. The number of alkyl carbamates (subject to hydrolysis) is 1. The van der Waals surface area contributed by atoms with E-state index < -0.39 is 5.60 Å².